The molecule has 1 fully saturated rings. The number of rotatable bonds is 8. The van der Waals surface area contributed by atoms with Crippen LogP contribution in [0.3, 0.4) is 0 Å². The second-order valence-corrected chi connectivity index (χ2v) is 8.32. The van der Waals surface area contributed by atoms with Crippen LogP contribution in [0.5, 0.6) is 11.5 Å². The summed E-state index contributed by atoms with van der Waals surface area (Å²) in [5.74, 6) is -0.439. The van der Waals surface area contributed by atoms with Crippen LogP contribution in [-0.2, 0) is 9.53 Å². The van der Waals surface area contributed by atoms with Crippen LogP contribution in [0.25, 0.3) is 6.08 Å². The van der Waals surface area contributed by atoms with Crippen LogP contribution in [0.4, 0.5) is 0 Å². The molecule has 0 saturated carbocycles. The zero-order chi connectivity index (χ0) is 23.8. The van der Waals surface area contributed by atoms with Crippen LogP contribution in [0, 0.1) is 0 Å². The van der Waals surface area contributed by atoms with Gasteiger partial charge in [-0.3, -0.25) is 9.69 Å². The number of hydrogen-bond donors (Lipinski definition) is 2. The molecule has 34 heavy (non-hydrogen) atoms. The quantitative estimate of drug-likeness (QED) is 0.393. The van der Waals surface area contributed by atoms with Gasteiger partial charge in [-0.15, -0.1) is 0 Å². The van der Waals surface area contributed by atoms with Crippen molar-refractivity contribution in [2.45, 2.75) is 6.10 Å². The van der Waals surface area contributed by atoms with Gasteiger partial charge in [0.1, 0.15) is 6.10 Å². The third kappa shape index (κ3) is 6.25. The third-order valence-corrected chi connectivity index (χ3v) is 6.00. The molecule has 3 aromatic rings. The molecule has 0 aliphatic carbocycles. The zero-order valence-electron chi connectivity index (χ0n) is 19.1. The number of amides is 1. The van der Waals surface area contributed by atoms with Crippen molar-refractivity contribution in [2.24, 2.45) is 0 Å². The SMILES string of the molecule is O=C(C=Cc1ccc(O)c(O)c1)N1CCN(CCOC(c2ccccc2)c2ccccc2)CC1. The first-order valence-electron chi connectivity index (χ1n) is 11.5. The van der Waals surface area contributed by atoms with Gasteiger partial charge in [-0.1, -0.05) is 66.7 Å². The smallest absolute Gasteiger partial charge is 0.246 e. The van der Waals surface area contributed by atoms with Gasteiger partial charge in [0.15, 0.2) is 11.5 Å². The summed E-state index contributed by atoms with van der Waals surface area (Å²) in [5, 5.41) is 19.0. The maximum atomic E-state index is 12.5. The number of carbonyl (C=O) groups excluding carboxylic acids is 1. The highest BCUT2D eigenvalue weighted by Gasteiger charge is 2.20. The Kier molecular flexibility index (Phi) is 7.96. The number of phenols is 2. The number of benzene rings is 3. The first kappa shape index (κ1) is 23.5. The molecule has 176 valence electrons. The molecule has 4 rings (SSSR count). The predicted molar refractivity (Wildman–Crippen MR) is 133 cm³/mol. The van der Waals surface area contributed by atoms with Gasteiger partial charge in [0.25, 0.3) is 0 Å². The highest BCUT2D eigenvalue weighted by molar-refractivity contribution is 5.92. The lowest BCUT2D eigenvalue weighted by molar-refractivity contribution is -0.127. The minimum atomic E-state index is -0.202. The average Bonchev–Trinajstić information content (AvgIpc) is 2.88. The standard InChI is InChI=1S/C28H30N2O4/c31-25-13-11-22(21-26(25)32)12-14-27(33)30-17-15-29(16-18-30)19-20-34-28(23-7-3-1-4-8-23)24-9-5-2-6-10-24/h1-14,21,28,31-32H,15-20H2. The molecular weight excluding hydrogens is 428 g/mol. The summed E-state index contributed by atoms with van der Waals surface area (Å²) in [5.41, 5.74) is 2.93. The van der Waals surface area contributed by atoms with E-state index in [1.165, 1.54) is 18.2 Å². The molecule has 0 radical (unpaired) electrons. The van der Waals surface area contributed by atoms with Gasteiger partial charge >= 0.3 is 0 Å². The molecule has 0 spiro atoms. The van der Waals surface area contributed by atoms with E-state index in [2.05, 4.69) is 29.2 Å². The van der Waals surface area contributed by atoms with Crippen LogP contribution in [0.2, 0.25) is 0 Å². The summed E-state index contributed by atoms with van der Waals surface area (Å²) in [6.07, 6.45) is 3.05. The lowest BCUT2D eigenvalue weighted by atomic mass is 10.0. The van der Waals surface area contributed by atoms with Gasteiger partial charge in [0.2, 0.25) is 5.91 Å². The predicted octanol–water partition coefficient (Wildman–Crippen LogP) is 4.06. The fourth-order valence-corrected chi connectivity index (χ4v) is 4.05. The van der Waals surface area contributed by atoms with E-state index < -0.39 is 0 Å². The lowest BCUT2D eigenvalue weighted by Gasteiger charge is -2.34. The van der Waals surface area contributed by atoms with E-state index >= 15 is 0 Å². The molecule has 1 saturated heterocycles. The molecule has 1 heterocycles. The summed E-state index contributed by atoms with van der Waals surface area (Å²) in [7, 11) is 0. The van der Waals surface area contributed by atoms with E-state index in [0.717, 1.165) is 30.8 Å². The maximum absolute atomic E-state index is 12.5. The van der Waals surface area contributed by atoms with Gasteiger partial charge < -0.3 is 19.8 Å². The van der Waals surface area contributed by atoms with Gasteiger partial charge in [-0.05, 0) is 34.9 Å². The number of nitrogens with zero attached hydrogens (tertiary/aromatic N) is 2. The minimum Gasteiger partial charge on any atom is -0.504 e. The number of phenolic OH excluding ortho intramolecular Hbond substituents is 2. The Bertz CT molecular complexity index is 1050. The Morgan fingerprint density at radius 3 is 2.06 bits per heavy atom. The molecule has 1 aliphatic heterocycles. The molecule has 3 aromatic carbocycles. The van der Waals surface area contributed by atoms with Crippen molar-refractivity contribution in [3.63, 3.8) is 0 Å². The summed E-state index contributed by atoms with van der Waals surface area (Å²) < 4.78 is 6.33. The summed E-state index contributed by atoms with van der Waals surface area (Å²) >= 11 is 0. The summed E-state index contributed by atoms with van der Waals surface area (Å²) in [6.45, 7) is 4.32. The Morgan fingerprint density at radius 2 is 1.47 bits per heavy atom. The normalized spacial score (nSPS) is 14.7. The minimum absolute atomic E-state index is 0.0586. The Labute approximate surface area is 200 Å². The molecule has 0 aromatic heterocycles. The molecule has 0 unspecified atom stereocenters. The van der Waals surface area contributed by atoms with Gasteiger partial charge in [-0.2, -0.15) is 0 Å². The van der Waals surface area contributed by atoms with Crippen LogP contribution in [0.1, 0.15) is 22.8 Å². The highest BCUT2D eigenvalue weighted by Crippen LogP contribution is 2.26. The first-order chi connectivity index (χ1) is 16.6. The molecule has 0 bridgehead atoms. The number of aromatic hydroxyl groups is 2. The van der Waals surface area contributed by atoms with Crippen molar-refractivity contribution < 1.29 is 19.7 Å². The molecule has 6 heteroatoms. The molecule has 1 amide bonds. The van der Waals surface area contributed by atoms with E-state index in [0.29, 0.717) is 25.3 Å². The fraction of sp³-hybridized carbons (Fsp3) is 0.250. The molecule has 2 N–H and O–H groups in total. The second-order valence-electron chi connectivity index (χ2n) is 8.32. The van der Waals surface area contributed by atoms with Crippen LogP contribution in [-0.4, -0.2) is 65.3 Å². The van der Waals surface area contributed by atoms with Crippen molar-refractivity contribution in [3.8, 4) is 11.5 Å². The topological polar surface area (TPSA) is 73.2 Å². The van der Waals surface area contributed by atoms with E-state index in [1.807, 2.05) is 41.3 Å². The molecule has 0 atom stereocenters. The molecule has 6 nitrogen and oxygen atoms in total. The lowest BCUT2D eigenvalue weighted by Crippen LogP contribution is -2.49. The monoisotopic (exact) mass is 458 g/mol. The van der Waals surface area contributed by atoms with Gasteiger partial charge in [0.05, 0.1) is 6.61 Å². The number of piperazine rings is 1. The molecule has 1 aliphatic rings. The second kappa shape index (κ2) is 11.5. The van der Waals surface area contributed by atoms with Crippen LogP contribution < -0.4 is 0 Å². The Balaban J connectivity index is 1.25. The van der Waals surface area contributed by atoms with Crippen molar-refractivity contribution in [2.75, 3.05) is 39.3 Å². The number of ether oxygens (including phenoxy) is 1. The van der Waals surface area contributed by atoms with E-state index in [4.69, 9.17) is 4.74 Å². The van der Waals surface area contributed by atoms with Crippen LogP contribution in [0.15, 0.2) is 84.9 Å². The largest absolute Gasteiger partial charge is 0.504 e. The van der Waals surface area contributed by atoms with Gasteiger partial charge in [-0.25, -0.2) is 0 Å². The zero-order valence-corrected chi connectivity index (χ0v) is 19.1. The average molecular weight is 459 g/mol. The van der Waals surface area contributed by atoms with Crippen LogP contribution >= 0.6 is 0 Å². The van der Waals surface area contributed by atoms with Gasteiger partial charge in [0, 0.05) is 38.8 Å². The Hall–Kier alpha value is -3.61. The van der Waals surface area contributed by atoms with Crippen molar-refractivity contribution in [1.29, 1.82) is 0 Å². The van der Waals surface area contributed by atoms with E-state index in [9.17, 15) is 15.0 Å². The van der Waals surface area contributed by atoms with Crippen molar-refractivity contribution in [3.05, 3.63) is 102 Å². The van der Waals surface area contributed by atoms with Crippen molar-refractivity contribution >= 4 is 12.0 Å². The number of carbonyl (C=O) groups is 1. The van der Waals surface area contributed by atoms with Crippen molar-refractivity contribution in [1.82, 2.24) is 9.80 Å². The summed E-state index contributed by atoms with van der Waals surface area (Å²) in [6, 6.07) is 25.0. The first-order valence-corrected chi connectivity index (χ1v) is 11.5. The Morgan fingerprint density at radius 1 is 0.853 bits per heavy atom. The van der Waals surface area contributed by atoms with E-state index in [-0.39, 0.29) is 23.5 Å². The third-order valence-electron chi connectivity index (χ3n) is 6.00. The highest BCUT2D eigenvalue weighted by atomic mass is 16.5. The number of hydrogen-bond acceptors (Lipinski definition) is 5. The maximum Gasteiger partial charge on any atom is 0.246 e. The van der Waals surface area contributed by atoms with E-state index in [1.54, 1.807) is 12.1 Å². The fourth-order valence-electron chi connectivity index (χ4n) is 4.05. The molecular formula is C28H30N2O4. The summed E-state index contributed by atoms with van der Waals surface area (Å²) in [4.78, 5) is 16.7.